The molecule has 0 atom stereocenters. The smallest absolute Gasteiger partial charge is 0.239 e. The first-order valence-corrected chi connectivity index (χ1v) is 7.14. The summed E-state index contributed by atoms with van der Waals surface area (Å²) in [6.45, 7) is 5.95. The number of aromatic nitrogens is 1. The lowest BCUT2D eigenvalue weighted by atomic mass is 10.1. The van der Waals surface area contributed by atoms with Crippen LogP contribution < -0.4 is 11.1 Å². The van der Waals surface area contributed by atoms with Gasteiger partial charge in [-0.2, -0.15) is 0 Å². The van der Waals surface area contributed by atoms with Gasteiger partial charge in [0.1, 0.15) is 6.54 Å². The Morgan fingerprint density at radius 1 is 1.35 bits per heavy atom. The number of carbonyl (C=O) groups is 1. The number of fused-ring (bicyclic) bond motifs is 1. The molecule has 0 spiro atoms. The van der Waals surface area contributed by atoms with Gasteiger partial charge in [0, 0.05) is 24.8 Å². The molecule has 0 fully saturated rings. The summed E-state index contributed by atoms with van der Waals surface area (Å²) in [7, 11) is 0. The van der Waals surface area contributed by atoms with Gasteiger partial charge >= 0.3 is 0 Å². The topological polar surface area (TPSA) is 60.0 Å². The minimum Gasteiger partial charge on any atom is -0.355 e. The molecule has 0 unspecified atom stereocenters. The average Bonchev–Trinajstić information content (AvgIpc) is 2.80. The number of hydrogen-bond donors (Lipinski definition) is 2. The lowest BCUT2D eigenvalue weighted by Gasteiger charge is -2.09. The predicted molar refractivity (Wildman–Crippen MR) is 82.3 cm³/mol. The lowest BCUT2D eigenvalue weighted by Crippen LogP contribution is -2.28. The standard InChI is InChI=1S/C16H23N3O/c1-12(2)5-7-18-16(20)11-19-8-6-14-9-13(10-17)3-4-15(14)19/h3-4,6,8-9,12H,5,7,10-11,17H2,1-2H3,(H,18,20). The molecule has 3 N–H and O–H groups in total. The molecule has 0 radical (unpaired) electrons. The molecule has 20 heavy (non-hydrogen) atoms. The molecule has 108 valence electrons. The van der Waals surface area contributed by atoms with E-state index in [2.05, 4.69) is 25.2 Å². The van der Waals surface area contributed by atoms with Crippen LogP contribution >= 0.6 is 0 Å². The molecule has 1 heterocycles. The fraction of sp³-hybridized carbons (Fsp3) is 0.438. The van der Waals surface area contributed by atoms with E-state index >= 15 is 0 Å². The second-order valence-electron chi connectivity index (χ2n) is 5.57. The Hall–Kier alpha value is -1.81. The van der Waals surface area contributed by atoms with Crippen molar-refractivity contribution in [3.05, 3.63) is 36.0 Å². The van der Waals surface area contributed by atoms with E-state index in [1.807, 2.05) is 29.0 Å². The molecule has 0 bridgehead atoms. The van der Waals surface area contributed by atoms with E-state index in [0.29, 0.717) is 19.0 Å². The van der Waals surface area contributed by atoms with Gasteiger partial charge in [0.2, 0.25) is 5.91 Å². The molecule has 2 aromatic rings. The third-order valence-electron chi connectivity index (χ3n) is 3.43. The van der Waals surface area contributed by atoms with Crippen molar-refractivity contribution < 1.29 is 4.79 Å². The zero-order chi connectivity index (χ0) is 14.5. The van der Waals surface area contributed by atoms with E-state index in [0.717, 1.165) is 29.4 Å². The van der Waals surface area contributed by atoms with Crippen molar-refractivity contribution >= 4 is 16.8 Å². The summed E-state index contributed by atoms with van der Waals surface area (Å²) in [6.07, 6.45) is 2.96. The Morgan fingerprint density at radius 2 is 2.15 bits per heavy atom. The highest BCUT2D eigenvalue weighted by Gasteiger charge is 2.06. The van der Waals surface area contributed by atoms with Gasteiger partial charge < -0.3 is 15.6 Å². The van der Waals surface area contributed by atoms with Crippen LogP contribution in [0.3, 0.4) is 0 Å². The Balaban J connectivity index is 2.01. The van der Waals surface area contributed by atoms with Crippen LogP contribution in [-0.4, -0.2) is 17.0 Å². The summed E-state index contributed by atoms with van der Waals surface area (Å²) in [5.41, 5.74) is 7.82. The fourth-order valence-corrected chi connectivity index (χ4v) is 2.23. The summed E-state index contributed by atoms with van der Waals surface area (Å²) in [5.74, 6) is 0.670. The van der Waals surface area contributed by atoms with E-state index in [-0.39, 0.29) is 5.91 Å². The van der Waals surface area contributed by atoms with Gasteiger partial charge in [-0.05, 0) is 41.5 Å². The van der Waals surface area contributed by atoms with Gasteiger partial charge in [-0.25, -0.2) is 0 Å². The van der Waals surface area contributed by atoms with Crippen LogP contribution in [0.4, 0.5) is 0 Å². The van der Waals surface area contributed by atoms with Crippen molar-refractivity contribution in [2.24, 2.45) is 11.7 Å². The van der Waals surface area contributed by atoms with Crippen molar-refractivity contribution in [1.82, 2.24) is 9.88 Å². The van der Waals surface area contributed by atoms with Gasteiger partial charge in [0.05, 0.1) is 0 Å². The number of hydrogen-bond acceptors (Lipinski definition) is 2. The van der Waals surface area contributed by atoms with Gasteiger partial charge in [0.25, 0.3) is 0 Å². The fourth-order valence-electron chi connectivity index (χ4n) is 2.23. The minimum atomic E-state index is 0.0612. The molecule has 0 saturated heterocycles. The molecular weight excluding hydrogens is 250 g/mol. The molecule has 0 aliphatic rings. The quantitative estimate of drug-likeness (QED) is 0.848. The first-order chi connectivity index (χ1) is 9.60. The number of benzene rings is 1. The Bertz CT molecular complexity index is 586. The lowest BCUT2D eigenvalue weighted by molar-refractivity contribution is -0.121. The highest BCUT2D eigenvalue weighted by molar-refractivity contribution is 5.83. The van der Waals surface area contributed by atoms with Crippen LogP contribution in [0.25, 0.3) is 10.9 Å². The van der Waals surface area contributed by atoms with E-state index in [1.165, 1.54) is 0 Å². The molecule has 1 aromatic heterocycles. The Kier molecular flexibility index (Phi) is 4.79. The zero-order valence-corrected chi connectivity index (χ0v) is 12.2. The van der Waals surface area contributed by atoms with Crippen molar-refractivity contribution in [2.45, 2.75) is 33.4 Å². The first kappa shape index (κ1) is 14.6. The third-order valence-corrected chi connectivity index (χ3v) is 3.43. The Labute approximate surface area is 120 Å². The minimum absolute atomic E-state index is 0.0612. The summed E-state index contributed by atoms with van der Waals surface area (Å²) >= 11 is 0. The van der Waals surface area contributed by atoms with E-state index in [4.69, 9.17) is 5.73 Å². The van der Waals surface area contributed by atoms with Crippen molar-refractivity contribution in [1.29, 1.82) is 0 Å². The van der Waals surface area contributed by atoms with Crippen LogP contribution in [-0.2, 0) is 17.9 Å². The molecule has 4 heteroatoms. The molecule has 0 saturated carbocycles. The van der Waals surface area contributed by atoms with Crippen molar-refractivity contribution in [2.75, 3.05) is 6.54 Å². The average molecular weight is 273 g/mol. The number of amides is 1. The summed E-state index contributed by atoms with van der Waals surface area (Å²) in [4.78, 5) is 11.9. The summed E-state index contributed by atoms with van der Waals surface area (Å²) in [5, 5.41) is 4.09. The van der Waals surface area contributed by atoms with E-state index in [9.17, 15) is 4.79 Å². The van der Waals surface area contributed by atoms with Crippen LogP contribution in [0.2, 0.25) is 0 Å². The normalized spacial score (nSPS) is 11.2. The number of nitrogens with one attached hydrogen (secondary N) is 1. The third kappa shape index (κ3) is 3.61. The molecule has 4 nitrogen and oxygen atoms in total. The number of carbonyl (C=O) groups excluding carboxylic acids is 1. The molecule has 2 rings (SSSR count). The Morgan fingerprint density at radius 3 is 2.85 bits per heavy atom. The largest absolute Gasteiger partial charge is 0.355 e. The maximum absolute atomic E-state index is 11.9. The second-order valence-corrected chi connectivity index (χ2v) is 5.57. The molecule has 1 amide bonds. The van der Waals surface area contributed by atoms with E-state index < -0.39 is 0 Å². The maximum atomic E-state index is 11.9. The van der Waals surface area contributed by atoms with Crippen LogP contribution in [0, 0.1) is 5.92 Å². The van der Waals surface area contributed by atoms with Gasteiger partial charge in [-0.15, -0.1) is 0 Å². The predicted octanol–water partition coefficient (Wildman–Crippen LogP) is 2.26. The van der Waals surface area contributed by atoms with Gasteiger partial charge in [-0.3, -0.25) is 4.79 Å². The van der Waals surface area contributed by atoms with Gasteiger partial charge in [-0.1, -0.05) is 19.9 Å². The molecular formula is C16H23N3O. The number of rotatable bonds is 6. The van der Waals surface area contributed by atoms with Crippen molar-refractivity contribution in [3.63, 3.8) is 0 Å². The highest BCUT2D eigenvalue weighted by Crippen LogP contribution is 2.17. The molecule has 1 aromatic carbocycles. The van der Waals surface area contributed by atoms with Crippen LogP contribution in [0.15, 0.2) is 30.5 Å². The second kappa shape index (κ2) is 6.57. The van der Waals surface area contributed by atoms with Crippen LogP contribution in [0.5, 0.6) is 0 Å². The molecule has 0 aliphatic carbocycles. The molecule has 0 aliphatic heterocycles. The monoisotopic (exact) mass is 273 g/mol. The maximum Gasteiger partial charge on any atom is 0.239 e. The van der Waals surface area contributed by atoms with E-state index in [1.54, 1.807) is 0 Å². The summed E-state index contributed by atoms with van der Waals surface area (Å²) in [6, 6.07) is 8.13. The van der Waals surface area contributed by atoms with Crippen molar-refractivity contribution in [3.8, 4) is 0 Å². The van der Waals surface area contributed by atoms with Crippen LogP contribution in [0.1, 0.15) is 25.8 Å². The number of nitrogens with zero attached hydrogens (tertiary/aromatic N) is 1. The highest BCUT2D eigenvalue weighted by atomic mass is 16.1. The SMILES string of the molecule is CC(C)CCNC(=O)Cn1ccc2cc(CN)ccc21. The zero-order valence-electron chi connectivity index (χ0n) is 12.2. The summed E-state index contributed by atoms with van der Waals surface area (Å²) < 4.78 is 1.97. The first-order valence-electron chi connectivity index (χ1n) is 7.14. The van der Waals surface area contributed by atoms with Gasteiger partial charge in [0.15, 0.2) is 0 Å². The number of nitrogens with two attached hydrogens (primary N) is 1.